The summed E-state index contributed by atoms with van der Waals surface area (Å²) >= 11 is 2.91. The molecule has 1 saturated heterocycles. The summed E-state index contributed by atoms with van der Waals surface area (Å²) < 4.78 is 8.32. The lowest BCUT2D eigenvalue weighted by Crippen LogP contribution is -2.44. The van der Waals surface area contributed by atoms with Gasteiger partial charge in [-0.05, 0) is 52.9 Å². The molecule has 2 aromatic heterocycles. The molecule has 128 valence electrons. The average Bonchev–Trinajstić information content (AvgIpc) is 3.36. The summed E-state index contributed by atoms with van der Waals surface area (Å²) in [5, 5.41) is 7.33. The molecule has 7 heteroatoms. The molecule has 0 unspecified atom stereocenters. The van der Waals surface area contributed by atoms with Crippen LogP contribution in [0.3, 0.4) is 0 Å². The fourth-order valence-corrected chi connectivity index (χ4v) is 4.16. The van der Waals surface area contributed by atoms with Gasteiger partial charge in [-0.3, -0.25) is 4.79 Å². The van der Waals surface area contributed by atoms with Crippen molar-refractivity contribution in [2.24, 2.45) is 0 Å². The predicted molar refractivity (Wildman–Crippen MR) is 102 cm³/mol. The molecule has 1 aromatic carbocycles. The average molecular weight is 371 g/mol. The number of benzene rings is 1. The number of anilines is 1. The molecule has 5 nitrogen and oxygen atoms in total. The Morgan fingerprint density at radius 1 is 1.12 bits per heavy atom. The van der Waals surface area contributed by atoms with Crippen LogP contribution in [-0.4, -0.2) is 33.8 Å². The van der Waals surface area contributed by atoms with Crippen LogP contribution in [-0.2, 0) is 0 Å². The van der Waals surface area contributed by atoms with E-state index in [1.165, 1.54) is 17.3 Å². The lowest BCUT2D eigenvalue weighted by molar-refractivity contribution is 0.0931. The number of piperidine rings is 1. The Kier molecular flexibility index (Phi) is 4.76. The van der Waals surface area contributed by atoms with Crippen LogP contribution in [0.15, 0.2) is 47.3 Å². The van der Waals surface area contributed by atoms with E-state index in [0.29, 0.717) is 5.56 Å². The van der Waals surface area contributed by atoms with Crippen LogP contribution in [0.4, 0.5) is 5.82 Å². The summed E-state index contributed by atoms with van der Waals surface area (Å²) in [6.45, 7) is 1.79. The van der Waals surface area contributed by atoms with Crippen LogP contribution in [0.25, 0.3) is 11.1 Å². The van der Waals surface area contributed by atoms with Crippen LogP contribution < -0.4 is 10.2 Å². The van der Waals surface area contributed by atoms with E-state index in [2.05, 4.69) is 35.8 Å². The lowest BCUT2D eigenvalue weighted by atomic mass is 10.0. The number of nitrogens with one attached hydrogen (secondary N) is 1. The van der Waals surface area contributed by atoms with Crippen LogP contribution in [0.2, 0.25) is 0 Å². The van der Waals surface area contributed by atoms with Crippen molar-refractivity contribution in [1.29, 1.82) is 0 Å². The minimum absolute atomic E-state index is 0.00523. The molecule has 0 atom stereocenters. The largest absolute Gasteiger partial charge is 0.354 e. The number of carbonyl (C=O) groups excluding carboxylic acids is 1. The second-order valence-corrected chi connectivity index (χ2v) is 7.43. The third-order valence-corrected chi connectivity index (χ3v) is 5.66. The van der Waals surface area contributed by atoms with Crippen molar-refractivity contribution < 1.29 is 4.79 Å². The van der Waals surface area contributed by atoms with Gasteiger partial charge in [0.05, 0.1) is 17.9 Å². The Morgan fingerprint density at radius 2 is 1.92 bits per heavy atom. The highest BCUT2D eigenvalue weighted by molar-refractivity contribution is 7.08. The smallest absolute Gasteiger partial charge is 0.251 e. The summed E-state index contributed by atoms with van der Waals surface area (Å²) in [4.78, 5) is 14.7. The van der Waals surface area contributed by atoms with Crippen molar-refractivity contribution in [2.75, 3.05) is 18.0 Å². The second kappa shape index (κ2) is 7.33. The maximum atomic E-state index is 12.5. The quantitative estimate of drug-likeness (QED) is 0.761. The molecule has 0 saturated carbocycles. The minimum atomic E-state index is 0.00523. The highest BCUT2D eigenvalue weighted by atomic mass is 32.1. The number of rotatable bonds is 4. The first-order valence-corrected chi connectivity index (χ1v) is 9.93. The van der Waals surface area contributed by atoms with Gasteiger partial charge in [-0.25, -0.2) is 0 Å². The molecule has 3 heterocycles. The van der Waals surface area contributed by atoms with Gasteiger partial charge in [-0.1, -0.05) is 12.1 Å². The van der Waals surface area contributed by atoms with Gasteiger partial charge < -0.3 is 10.2 Å². The Balaban J connectivity index is 1.33. The van der Waals surface area contributed by atoms with Crippen LogP contribution in [0.5, 0.6) is 0 Å². The van der Waals surface area contributed by atoms with Gasteiger partial charge in [-0.15, -0.1) is 0 Å². The van der Waals surface area contributed by atoms with Crippen LogP contribution in [0.1, 0.15) is 23.2 Å². The lowest BCUT2D eigenvalue weighted by Gasteiger charge is -2.32. The number of thiophene rings is 1. The Hall–Kier alpha value is -2.25. The monoisotopic (exact) mass is 370 g/mol. The molecule has 0 radical (unpaired) electrons. The third kappa shape index (κ3) is 3.72. The second-order valence-electron chi connectivity index (χ2n) is 6.09. The van der Waals surface area contributed by atoms with E-state index in [-0.39, 0.29) is 11.9 Å². The highest BCUT2D eigenvalue weighted by Gasteiger charge is 2.22. The molecule has 0 bridgehead atoms. The van der Waals surface area contributed by atoms with Gasteiger partial charge in [0.25, 0.3) is 5.91 Å². The molecule has 25 heavy (non-hydrogen) atoms. The van der Waals surface area contributed by atoms with Crippen LogP contribution >= 0.6 is 23.1 Å². The van der Waals surface area contributed by atoms with Crippen molar-refractivity contribution in [3.05, 3.63) is 52.9 Å². The van der Waals surface area contributed by atoms with E-state index in [4.69, 9.17) is 0 Å². The molecule has 1 fully saturated rings. The third-order valence-electron chi connectivity index (χ3n) is 4.51. The predicted octanol–water partition coefficient (Wildman–Crippen LogP) is 3.67. The zero-order valence-corrected chi connectivity index (χ0v) is 15.2. The fourth-order valence-electron chi connectivity index (χ4n) is 3.06. The molecule has 1 amide bonds. The van der Waals surface area contributed by atoms with Gasteiger partial charge in [-0.2, -0.15) is 20.1 Å². The van der Waals surface area contributed by atoms with E-state index < -0.39 is 0 Å². The Morgan fingerprint density at radius 3 is 2.56 bits per heavy atom. The van der Waals surface area contributed by atoms with E-state index in [1.54, 1.807) is 17.5 Å². The number of hydrogen-bond donors (Lipinski definition) is 1. The molecule has 1 N–H and O–H groups in total. The number of carbonyl (C=O) groups is 1. The summed E-state index contributed by atoms with van der Waals surface area (Å²) in [7, 11) is 0. The van der Waals surface area contributed by atoms with E-state index in [0.717, 1.165) is 37.3 Å². The topological polar surface area (TPSA) is 58.1 Å². The number of hydrogen-bond acceptors (Lipinski definition) is 6. The molecule has 1 aliphatic heterocycles. The zero-order chi connectivity index (χ0) is 17.1. The Labute approximate surface area is 154 Å². The van der Waals surface area contributed by atoms with Crippen molar-refractivity contribution in [2.45, 2.75) is 18.9 Å². The zero-order valence-electron chi connectivity index (χ0n) is 13.6. The first-order valence-electron chi connectivity index (χ1n) is 8.25. The molecule has 4 rings (SSSR count). The van der Waals surface area contributed by atoms with E-state index in [1.807, 2.05) is 24.3 Å². The molecule has 0 spiro atoms. The summed E-state index contributed by atoms with van der Waals surface area (Å²) in [5.41, 5.74) is 3.05. The maximum absolute atomic E-state index is 12.5. The minimum Gasteiger partial charge on any atom is -0.354 e. The van der Waals surface area contributed by atoms with Gasteiger partial charge in [0.2, 0.25) is 0 Å². The van der Waals surface area contributed by atoms with E-state index in [9.17, 15) is 4.79 Å². The van der Waals surface area contributed by atoms with Crippen molar-refractivity contribution in [3.63, 3.8) is 0 Å². The SMILES string of the molecule is O=C(NC1CCN(c2cnsn2)CC1)c1ccc(-c2ccsc2)cc1. The number of aromatic nitrogens is 2. The standard InChI is InChI=1S/C18H18N4OS2/c23-18(14-3-1-13(2-4-14)15-7-10-24-12-15)20-16-5-8-22(9-6-16)17-11-19-25-21-17/h1-4,7,10-12,16H,5-6,8-9H2,(H,20,23). The molecule has 1 aliphatic rings. The molecule has 0 aliphatic carbocycles. The van der Waals surface area contributed by atoms with Crippen LogP contribution in [0, 0.1) is 0 Å². The van der Waals surface area contributed by atoms with Gasteiger partial charge >= 0.3 is 0 Å². The van der Waals surface area contributed by atoms with Gasteiger partial charge in [0.1, 0.15) is 0 Å². The maximum Gasteiger partial charge on any atom is 0.251 e. The van der Waals surface area contributed by atoms with Gasteiger partial charge in [0, 0.05) is 24.7 Å². The normalized spacial score (nSPS) is 15.3. The first-order chi connectivity index (χ1) is 12.3. The number of nitrogens with zero attached hydrogens (tertiary/aromatic N) is 3. The highest BCUT2D eigenvalue weighted by Crippen LogP contribution is 2.23. The summed E-state index contributed by atoms with van der Waals surface area (Å²) in [6, 6.07) is 10.1. The molecular formula is C18H18N4OS2. The summed E-state index contributed by atoms with van der Waals surface area (Å²) in [6.07, 6.45) is 3.66. The number of amides is 1. The molecule has 3 aromatic rings. The van der Waals surface area contributed by atoms with Crippen molar-refractivity contribution in [3.8, 4) is 11.1 Å². The fraction of sp³-hybridized carbons (Fsp3) is 0.278. The summed E-state index contributed by atoms with van der Waals surface area (Å²) in [5.74, 6) is 0.949. The van der Waals surface area contributed by atoms with Crippen molar-refractivity contribution in [1.82, 2.24) is 14.1 Å². The molecular weight excluding hydrogens is 352 g/mol. The van der Waals surface area contributed by atoms with Gasteiger partial charge in [0.15, 0.2) is 5.82 Å². The van der Waals surface area contributed by atoms with E-state index >= 15 is 0 Å². The van der Waals surface area contributed by atoms with Crippen molar-refractivity contribution >= 4 is 34.8 Å². The first kappa shape index (κ1) is 16.2. The Bertz CT molecular complexity index is 807.